The number of aliphatic hydroxyl groups excluding tert-OH is 1. The van der Waals surface area contributed by atoms with Gasteiger partial charge in [0.2, 0.25) is 10.0 Å². The molecule has 1 aromatic heterocycles. The second-order valence-corrected chi connectivity index (χ2v) is 6.67. The van der Waals surface area contributed by atoms with Gasteiger partial charge in [0.1, 0.15) is 11.4 Å². The van der Waals surface area contributed by atoms with E-state index >= 15 is 0 Å². The Hall–Kier alpha value is -1.45. The molecular formula is C11H19N3O5S. The first-order chi connectivity index (χ1) is 9.07. The molecule has 0 radical (unpaired) electrons. The van der Waals surface area contributed by atoms with Gasteiger partial charge in [0, 0.05) is 13.6 Å². The van der Waals surface area contributed by atoms with E-state index in [1.807, 2.05) is 0 Å². The van der Waals surface area contributed by atoms with Crippen LogP contribution in [0, 0.1) is 13.8 Å². The minimum atomic E-state index is -3.81. The quantitative estimate of drug-likeness (QED) is 0.738. The normalized spacial score (nSPS) is 13.7. The summed E-state index contributed by atoms with van der Waals surface area (Å²) in [7, 11) is -2.46. The summed E-state index contributed by atoms with van der Waals surface area (Å²) < 4.78 is 27.0. The Morgan fingerprint density at radius 3 is 2.45 bits per heavy atom. The van der Waals surface area contributed by atoms with E-state index in [9.17, 15) is 18.3 Å². The first-order valence-corrected chi connectivity index (χ1v) is 7.41. The minimum absolute atomic E-state index is 0.0121. The van der Waals surface area contributed by atoms with Gasteiger partial charge >= 0.3 is 5.97 Å². The fourth-order valence-corrected chi connectivity index (χ4v) is 3.58. The number of carboxylic acids is 1. The van der Waals surface area contributed by atoms with Crippen LogP contribution in [-0.2, 0) is 21.4 Å². The molecule has 0 aliphatic carbocycles. The maximum Gasteiger partial charge on any atom is 0.325 e. The molecule has 1 unspecified atom stereocenters. The van der Waals surface area contributed by atoms with Crippen molar-refractivity contribution in [2.45, 2.75) is 38.3 Å². The van der Waals surface area contributed by atoms with Gasteiger partial charge in [0.15, 0.2) is 0 Å². The molecule has 0 aliphatic heterocycles. The summed E-state index contributed by atoms with van der Waals surface area (Å²) in [6, 6.07) is 0. The smallest absolute Gasteiger partial charge is 0.325 e. The van der Waals surface area contributed by atoms with Crippen molar-refractivity contribution >= 4 is 16.0 Å². The van der Waals surface area contributed by atoms with Gasteiger partial charge in [0.05, 0.1) is 17.5 Å². The van der Waals surface area contributed by atoms with Gasteiger partial charge < -0.3 is 10.2 Å². The average molecular weight is 305 g/mol. The van der Waals surface area contributed by atoms with E-state index in [2.05, 4.69) is 5.10 Å². The van der Waals surface area contributed by atoms with Crippen LogP contribution >= 0.6 is 0 Å². The van der Waals surface area contributed by atoms with Gasteiger partial charge in [-0.15, -0.1) is 0 Å². The maximum absolute atomic E-state index is 12.4. The number of aliphatic carboxylic acids is 1. The Balaban J connectivity index is 3.25. The highest BCUT2D eigenvalue weighted by Gasteiger charge is 2.29. The van der Waals surface area contributed by atoms with Crippen molar-refractivity contribution in [1.29, 1.82) is 0 Å². The summed E-state index contributed by atoms with van der Waals surface area (Å²) in [5.41, 5.74) is 0.503. The van der Waals surface area contributed by atoms with Crippen LogP contribution in [0.1, 0.15) is 18.3 Å². The first-order valence-electron chi connectivity index (χ1n) is 5.97. The van der Waals surface area contributed by atoms with Crippen LogP contribution in [0.4, 0.5) is 0 Å². The Bertz CT molecular complexity index is 606. The van der Waals surface area contributed by atoms with Crippen LogP contribution in [0.3, 0.4) is 0 Å². The van der Waals surface area contributed by atoms with E-state index in [1.54, 1.807) is 0 Å². The molecule has 1 heterocycles. The number of nitrogens with zero attached hydrogens (tertiary/aromatic N) is 3. The number of aromatic nitrogens is 2. The van der Waals surface area contributed by atoms with Gasteiger partial charge in [-0.2, -0.15) is 9.40 Å². The third-order valence-corrected chi connectivity index (χ3v) is 4.87. The Morgan fingerprint density at radius 1 is 1.45 bits per heavy atom. The molecular weight excluding hydrogens is 286 g/mol. The van der Waals surface area contributed by atoms with Crippen molar-refractivity contribution in [3.8, 4) is 0 Å². The highest BCUT2D eigenvalue weighted by molar-refractivity contribution is 7.89. The maximum atomic E-state index is 12.4. The minimum Gasteiger partial charge on any atom is -0.480 e. The number of sulfonamides is 1. The van der Waals surface area contributed by atoms with Gasteiger partial charge in [-0.05, 0) is 20.8 Å². The zero-order valence-corrected chi connectivity index (χ0v) is 12.7. The second-order valence-electron chi connectivity index (χ2n) is 4.69. The molecule has 0 fully saturated rings. The molecule has 1 aromatic rings. The number of hydrogen-bond acceptors (Lipinski definition) is 5. The third kappa shape index (κ3) is 3.35. The third-order valence-electron chi connectivity index (χ3n) is 2.79. The molecule has 1 rings (SSSR count). The van der Waals surface area contributed by atoms with Crippen molar-refractivity contribution in [3.63, 3.8) is 0 Å². The highest BCUT2D eigenvalue weighted by Crippen LogP contribution is 2.22. The summed E-state index contributed by atoms with van der Waals surface area (Å²) in [6.45, 7) is 4.05. The predicted molar refractivity (Wildman–Crippen MR) is 70.8 cm³/mol. The van der Waals surface area contributed by atoms with Crippen molar-refractivity contribution in [1.82, 2.24) is 14.1 Å². The highest BCUT2D eigenvalue weighted by atomic mass is 32.2. The lowest BCUT2D eigenvalue weighted by molar-refractivity contribution is -0.137. The van der Waals surface area contributed by atoms with Crippen molar-refractivity contribution in [2.75, 3.05) is 13.6 Å². The topological polar surface area (TPSA) is 113 Å². The fraction of sp³-hybridized carbons (Fsp3) is 0.636. The SMILES string of the molecule is Cc1nn(CC(=O)O)c(C)c1S(=O)(=O)N(C)CC(C)O. The Morgan fingerprint density at radius 2 is 2.00 bits per heavy atom. The lowest BCUT2D eigenvalue weighted by Crippen LogP contribution is -2.33. The average Bonchev–Trinajstić information content (AvgIpc) is 2.52. The van der Waals surface area contributed by atoms with Crippen molar-refractivity contribution in [3.05, 3.63) is 11.4 Å². The van der Waals surface area contributed by atoms with Crippen LogP contribution in [-0.4, -0.2) is 58.4 Å². The summed E-state index contributed by atoms with van der Waals surface area (Å²) in [6.07, 6.45) is -0.801. The first kappa shape index (κ1) is 16.6. The van der Waals surface area contributed by atoms with Gasteiger partial charge in [-0.3, -0.25) is 9.48 Å². The molecule has 0 saturated carbocycles. The van der Waals surface area contributed by atoms with Gasteiger partial charge in [-0.1, -0.05) is 0 Å². The molecule has 114 valence electrons. The number of rotatable bonds is 6. The molecule has 0 saturated heterocycles. The molecule has 0 bridgehead atoms. The summed E-state index contributed by atoms with van der Waals surface area (Å²) in [4.78, 5) is 10.7. The number of carbonyl (C=O) groups is 1. The van der Waals surface area contributed by atoms with Crippen LogP contribution in [0.25, 0.3) is 0 Å². The van der Waals surface area contributed by atoms with Gasteiger partial charge in [0.25, 0.3) is 0 Å². The lowest BCUT2D eigenvalue weighted by atomic mass is 10.4. The predicted octanol–water partition coefficient (Wildman–Crippen LogP) is -0.414. The van der Waals surface area contributed by atoms with Crippen LogP contribution in [0.15, 0.2) is 4.90 Å². The molecule has 1 atom stereocenters. The number of hydrogen-bond donors (Lipinski definition) is 2. The molecule has 0 spiro atoms. The van der Waals surface area contributed by atoms with Crippen molar-refractivity contribution < 1.29 is 23.4 Å². The lowest BCUT2D eigenvalue weighted by Gasteiger charge is -2.18. The number of likely N-dealkylation sites (N-methyl/N-ethyl adjacent to an activating group) is 1. The summed E-state index contributed by atoms with van der Waals surface area (Å²) in [5.74, 6) is -1.10. The molecule has 2 N–H and O–H groups in total. The van der Waals surface area contributed by atoms with Crippen molar-refractivity contribution in [2.24, 2.45) is 0 Å². The number of aryl methyl sites for hydroxylation is 1. The molecule has 0 amide bonds. The molecule has 9 heteroatoms. The zero-order chi connectivity index (χ0) is 15.7. The number of carboxylic acid groups (broad SMARTS) is 1. The van der Waals surface area contributed by atoms with E-state index in [-0.39, 0.29) is 22.8 Å². The van der Waals surface area contributed by atoms with Gasteiger partial charge in [-0.25, -0.2) is 8.42 Å². The van der Waals surface area contributed by atoms with Crippen LogP contribution in [0.2, 0.25) is 0 Å². The Kier molecular flexibility index (Phi) is 4.90. The molecule has 8 nitrogen and oxygen atoms in total. The zero-order valence-electron chi connectivity index (χ0n) is 11.9. The van der Waals surface area contributed by atoms with E-state index < -0.39 is 28.6 Å². The Labute approximate surface area is 117 Å². The number of aliphatic hydroxyl groups is 1. The molecule has 20 heavy (non-hydrogen) atoms. The van der Waals surface area contributed by atoms with Crippen LogP contribution in [0.5, 0.6) is 0 Å². The molecule has 0 aromatic carbocycles. The standard InChI is InChI=1S/C11H19N3O5S/c1-7(15)5-13(4)20(18,19)11-8(2)12-14(9(11)3)6-10(16)17/h7,15H,5-6H2,1-4H3,(H,16,17). The van der Waals surface area contributed by atoms with Crippen LogP contribution < -0.4 is 0 Å². The van der Waals surface area contributed by atoms with E-state index in [0.29, 0.717) is 0 Å². The summed E-state index contributed by atoms with van der Waals surface area (Å²) >= 11 is 0. The van der Waals surface area contributed by atoms with E-state index in [1.165, 1.54) is 27.8 Å². The fourth-order valence-electron chi connectivity index (χ4n) is 1.96. The van der Waals surface area contributed by atoms with E-state index in [0.717, 1.165) is 8.99 Å². The van der Waals surface area contributed by atoms with E-state index in [4.69, 9.17) is 5.11 Å². The monoisotopic (exact) mass is 305 g/mol. The molecule has 0 aliphatic rings. The largest absolute Gasteiger partial charge is 0.480 e. The second kappa shape index (κ2) is 5.90. The summed E-state index contributed by atoms with van der Waals surface area (Å²) in [5, 5.41) is 22.0.